The van der Waals surface area contributed by atoms with Gasteiger partial charge in [-0.1, -0.05) is 12.1 Å². The number of benzene rings is 2. The normalized spacial score (nSPS) is 10.9. The van der Waals surface area contributed by atoms with E-state index in [1.807, 2.05) is 12.1 Å². The Morgan fingerprint density at radius 1 is 0.882 bits per heavy atom. The third kappa shape index (κ3) is 9.82. The summed E-state index contributed by atoms with van der Waals surface area (Å²) in [7, 11) is 4.65. The van der Waals surface area contributed by atoms with Crippen LogP contribution >= 0.6 is 0 Å². The van der Waals surface area contributed by atoms with Gasteiger partial charge in [0.15, 0.2) is 11.5 Å². The van der Waals surface area contributed by atoms with E-state index in [1.165, 1.54) is 12.1 Å². The second kappa shape index (κ2) is 13.7. The smallest absolute Gasteiger partial charge is 0.416 e. The molecule has 0 spiro atoms. The summed E-state index contributed by atoms with van der Waals surface area (Å²) in [4.78, 5) is 19.1. The molecule has 0 amide bonds. The summed E-state index contributed by atoms with van der Waals surface area (Å²) in [6.07, 6.45) is -2.56. The van der Waals surface area contributed by atoms with E-state index >= 15 is 0 Å². The lowest BCUT2D eigenvalue weighted by atomic mass is 10.1. The molecule has 0 radical (unpaired) electrons. The van der Waals surface area contributed by atoms with Gasteiger partial charge >= 0.3 is 18.1 Å². The molecule has 0 bridgehead atoms. The van der Waals surface area contributed by atoms with Gasteiger partial charge in [-0.25, -0.2) is 9.59 Å². The second-order valence-electron chi connectivity index (χ2n) is 6.66. The van der Waals surface area contributed by atoms with Crippen molar-refractivity contribution in [3.8, 4) is 17.2 Å². The molecular formula is C23H26F3NO7. The molecule has 8 nitrogen and oxygen atoms in total. The lowest BCUT2D eigenvalue weighted by Crippen LogP contribution is -2.17. The van der Waals surface area contributed by atoms with Crippen LogP contribution < -0.4 is 19.5 Å². The van der Waals surface area contributed by atoms with Crippen LogP contribution in [0.15, 0.2) is 48.6 Å². The molecule has 0 unspecified atom stereocenters. The minimum Gasteiger partial charge on any atom is -0.493 e. The van der Waals surface area contributed by atoms with E-state index in [1.54, 1.807) is 21.3 Å². The van der Waals surface area contributed by atoms with Crippen molar-refractivity contribution >= 4 is 11.9 Å². The number of carboxylic acids is 2. The van der Waals surface area contributed by atoms with Gasteiger partial charge in [0.2, 0.25) is 5.75 Å². The first-order valence-corrected chi connectivity index (χ1v) is 9.81. The largest absolute Gasteiger partial charge is 0.493 e. The maximum atomic E-state index is 12.5. The summed E-state index contributed by atoms with van der Waals surface area (Å²) >= 11 is 0. The van der Waals surface area contributed by atoms with Crippen molar-refractivity contribution in [2.75, 3.05) is 27.9 Å². The van der Waals surface area contributed by atoms with Crippen LogP contribution in [-0.4, -0.2) is 50.0 Å². The summed E-state index contributed by atoms with van der Waals surface area (Å²) in [6, 6.07) is 8.93. The van der Waals surface area contributed by atoms with Crippen LogP contribution in [0.1, 0.15) is 16.7 Å². The standard InChI is InChI=1S/C19H22F3NO3.C4H4O4/c1-24-16-10-14(11-17(25-2)18(16)26-3)12-23-9-8-13-4-6-15(7-5-13)19(20,21)22;5-3(6)1-2-4(7)8/h4-7,10-11,23H,8-9,12H2,1-3H3;1-2H,(H,5,6)(H,7,8)/b;2-1+. The number of ether oxygens (including phenoxy) is 3. The first-order chi connectivity index (χ1) is 16.0. The Kier molecular flexibility index (Phi) is 11.4. The second-order valence-corrected chi connectivity index (χ2v) is 6.66. The van der Waals surface area contributed by atoms with E-state index in [4.69, 9.17) is 24.4 Å². The molecule has 0 heterocycles. The highest BCUT2D eigenvalue weighted by Crippen LogP contribution is 2.38. The van der Waals surface area contributed by atoms with Gasteiger partial charge < -0.3 is 29.7 Å². The van der Waals surface area contributed by atoms with Crippen molar-refractivity contribution in [3.63, 3.8) is 0 Å². The molecule has 0 aromatic heterocycles. The molecule has 0 aliphatic heterocycles. The van der Waals surface area contributed by atoms with Gasteiger partial charge in [-0.05, 0) is 48.4 Å². The molecule has 0 saturated heterocycles. The van der Waals surface area contributed by atoms with E-state index < -0.39 is 23.7 Å². The Balaban J connectivity index is 0.000000620. The molecular weight excluding hydrogens is 459 g/mol. The van der Waals surface area contributed by atoms with E-state index in [0.717, 1.165) is 23.3 Å². The maximum absolute atomic E-state index is 12.5. The minimum absolute atomic E-state index is 0.531. The number of carbonyl (C=O) groups is 2. The van der Waals surface area contributed by atoms with Crippen molar-refractivity contribution in [1.29, 1.82) is 0 Å². The highest BCUT2D eigenvalue weighted by atomic mass is 19.4. The zero-order valence-corrected chi connectivity index (χ0v) is 18.8. The zero-order chi connectivity index (χ0) is 25.7. The van der Waals surface area contributed by atoms with Crippen molar-refractivity contribution in [1.82, 2.24) is 5.32 Å². The van der Waals surface area contributed by atoms with Crippen molar-refractivity contribution in [3.05, 3.63) is 65.2 Å². The molecule has 0 aliphatic carbocycles. The predicted octanol–water partition coefficient (Wildman–Crippen LogP) is 3.78. The Hall–Kier alpha value is -3.73. The van der Waals surface area contributed by atoms with Crippen LogP contribution in [0.25, 0.3) is 0 Å². The van der Waals surface area contributed by atoms with Crippen LogP contribution in [0.3, 0.4) is 0 Å². The van der Waals surface area contributed by atoms with Crippen LogP contribution in [0, 0.1) is 0 Å². The first kappa shape index (κ1) is 28.3. The van der Waals surface area contributed by atoms with E-state index in [9.17, 15) is 22.8 Å². The van der Waals surface area contributed by atoms with Gasteiger partial charge in [0.05, 0.1) is 26.9 Å². The summed E-state index contributed by atoms with van der Waals surface area (Å²) < 4.78 is 53.5. The van der Waals surface area contributed by atoms with Gasteiger partial charge in [-0.15, -0.1) is 0 Å². The maximum Gasteiger partial charge on any atom is 0.416 e. The van der Waals surface area contributed by atoms with Gasteiger partial charge in [-0.3, -0.25) is 0 Å². The molecule has 3 N–H and O–H groups in total. The van der Waals surface area contributed by atoms with Gasteiger partial charge in [0.25, 0.3) is 0 Å². The fraction of sp³-hybridized carbons (Fsp3) is 0.304. The van der Waals surface area contributed by atoms with Crippen LogP contribution in [0.2, 0.25) is 0 Å². The molecule has 0 atom stereocenters. The average molecular weight is 485 g/mol. The van der Waals surface area contributed by atoms with Crippen LogP contribution in [-0.2, 0) is 28.7 Å². The molecule has 11 heteroatoms. The average Bonchev–Trinajstić information content (AvgIpc) is 2.79. The van der Waals surface area contributed by atoms with Crippen molar-refractivity contribution in [2.24, 2.45) is 0 Å². The molecule has 0 saturated carbocycles. The summed E-state index contributed by atoms with van der Waals surface area (Å²) in [5, 5.41) is 18.9. The molecule has 2 aromatic rings. The number of hydrogen-bond acceptors (Lipinski definition) is 6. The van der Waals surface area contributed by atoms with Gasteiger partial charge in [0, 0.05) is 18.7 Å². The van der Waals surface area contributed by atoms with Gasteiger partial charge in [-0.2, -0.15) is 13.2 Å². The van der Waals surface area contributed by atoms with Crippen LogP contribution in [0.4, 0.5) is 13.2 Å². The number of halogens is 3. The predicted molar refractivity (Wildman–Crippen MR) is 117 cm³/mol. The number of alkyl halides is 3. The Morgan fingerprint density at radius 2 is 1.38 bits per heavy atom. The van der Waals surface area contributed by atoms with E-state index in [0.29, 0.717) is 48.9 Å². The number of carboxylic acid groups (broad SMARTS) is 2. The van der Waals surface area contributed by atoms with E-state index in [2.05, 4.69) is 5.32 Å². The number of hydrogen-bond donors (Lipinski definition) is 3. The lowest BCUT2D eigenvalue weighted by molar-refractivity contribution is -0.137. The Labute approximate surface area is 194 Å². The summed E-state index contributed by atoms with van der Waals surface area (Å²) in [5.41, 5.74) is 1.16. The van der Waals surface area contributed by atoms with Crippen molar-refractivity contribution in [2.45, 2.75) is 19.1 Å². The third-order valence-electron chi connectivity index (χ3n) is 4.29. The molecule has 2 rings (SSSR count). The highest BCUT2D eigenvalue weighted by Gasteiger charge is 2.29. The summed E-state index contributed by atoms with van der Waals surface area (Å²) in [6.45, 7) is 1.19. The topological polar surface area (TPSA) is 114 Å². The number of nitrogens with one attached hydrogen (secondary N) is 1. The monoisotopic (exact) mass is 485 g/mol. The fourth-order valence-electron chi connectivity index (χ4n) is 2.71. The molecule has 2 aromatic carbocycles. The fourth-order valence-corrected chi connectivity index (χ4v) is 2.71. The molecule has 34 heavy (non-hydrogen) atoms. The third-order valence-corrected chi connectivity index (χ3v) is 4.29. The van der Waals surface area contributed by atoms with Crippen molar-refractivity contribution < 1.29 is 47.2 Å². The molecule has 0 aliphatic rings. The number of rotatable bonds is 10. The minimum atomic E-state index is -4.30. The molecule has 186 valence electrons. The molecule has 0 fully saturated rings. The summed E-state index contributed by atoms with van der Waals surface area (Å²) in [5.74, 6) is -0.832. The lowest BCUT2D eigenvalue weighted by Gasteiger charge is -2.14. The van der Waals surface area contributed by atoms with Crippen LogP contribution in [0.5, 0.6) is 17.2 Å². The number of aliphatic carboxylic acids is 2. The Morgan fingerprint density at radius 3 is 1.76 bits per heavy atom. The SMILES string of the molecule is COc1cc(CNCCc2ccc(C(F)(F)F)cc2)cc(OC)c1OC.O=C(O)/C=C/C(=O)O. The first-order valence-electron chi connectivity index (χ1n) is 9.81. The number of methoxy groups -OCH3 is 3. The highest BCUT2D eigenvalue weighted by molar-refractivity contribution is 5.89. The Bertz CT molecular complexity index is 933. The quantitative estimate of drug-likeness (QED) is 0.344. The van der Waals surface area contributed by atoms with Gasteiger partial charge in [0.1, 0.15) is 0 Å². The zero-order valence-electron chi connectivity index (χ0n) is 18.8. The van der Waals surface area contributed by atoms with E-state index in [-0.39, 0.29) is 0 Å².